The Bertz CT molecular complexity index is 1710. The van der Waals surface area contributed by atoms with Gasteiger partial charge >= 0.3 is 6.09 Å². The zero-order valence-corrected chi connectivity index (χ0v) is 26.5. The Morgan fingerprint density at radius 2 is 1.13 bits per heavy atom. The lowest BCUT2D eigenvalue weighted by Gasteiger charge is -2.36. The molecule has 5 aromatic rings. The molecule has 0 bridgehead atoms. The highest BCUT2D eigenvalue weighted by Gasteiger charge is 2.38. The van der Waals surface area contributed by atoms with Crippen LogP contribution in [-0.4, -0.2) is 42.9 Å². The van der Waals surface area contributed by atoms with Gasteiger partial charge < -0.3 is 21.1 Å². The van der Waals surface area contributed by atoms with Crippen molar-refractivity contribution in [1.29, 1.82) is 0 Å². The number of fused-ring (bicyclic) bond motifs is 3. The van der Waals surface area contributed by atoms with E-state index in [1.807, 2.05) is 91.0 Å². The summed E-state index contributed by atoms with van der Waals surface area (Å²) in [5.41, 5.74) is 13.3. The molecule has 47 heavy (non-hydrogen) atoms. The van der Waals surface area contributed by atoms with Gasteiger partial charge in [0.1, 0.15) is 19.2 Å². The summed E-state index contributed by atoms with van der Waals surface area (Å²) in [6, 6.07) is 45.3. The monoisotopic (exact) mass is 641 g/mol. The molecule has 0 saturated carbocycles. The van der Waals surface area contributed by atoms with E-state index in [2.05, 4.69) is 59.2 Å². The molecule has 6 rings (SSSR count). The van der Waals surface area contributed by atoms with Gasteiger partial charge in [0, 0.05) is 11.7 Å². The number of rotatable bonds is 12. The maximum Gasteiger partial charge on any atom is 0.407 e. The van der Waals surface area contributed by atoms with Gasteiger partial charge in [0.15, 0.2) is 0 Å². The highest BCUT2D eigenvalue weighted by molar-refractivity contribution is 8.00. The van der Waals surface area contributed by atoms with Crippen LogP contribution in [0.2, 0.25) is 0 Å². The van der Waals surface area contributed by atoms with Gasteiger partial charge in [-0.3, -0.25) is 9.59 Å². The summed E-state index contributed by atoms with van der Waals surface area (Å²) in [7, 11) is 0. The number of carbonyl (C=O) groups excluding carboxylic acids is 3. The van der Waals surface area contributed by atoms with Crippen molar-refractivity contribution in [2.75, 3.05) is 18.9 Å². The predicted octanol–water partition coefficient (Wildman–Crippen LogP) is 6.22. The third-order valence-electron chi connectivity index (χ3n) is 8.42. The van der Waals surface area contributed by atoms with Crippen molar-refractivity contribution in [3.05, 3.63) is 167 Å². The molecule has 7 nitrogen and oxygen atoms in total. The number of thioether (sulfide) groups is 1. The van der Waals surface area contributed by atoms with E-state index in [1.165, 1.54) is 11.8 Å². The van der Waals surface area contributed by atoms with Crippen molar-refractivity contribution in [2.45, 2.75) is 16.7 Å². The third kappa shape index (κ3) is 6.78. The van der Waals surface area contributed by atoms with E-state index in [1.54, 1.807) is 0 Å². The fourth-order valence-electron chi connectivity index (χ4n) is 6.22. The number of amides is 3. The molecule has 1 unspecified atom stereocenters. The molecule has 8 heteroatoms. The van der Waals surface area contributed by atoms with Gasteiger partial charge in [0.25, 0.3) is 0 Å². The molecular formula is C39H35N3O4S. The van der Waals surface area contributed by atoms with E-state index in [9.17, 15) is 14.4 Å². The quantitative estimate of drug-likeness (QED) is 0.140. The largest absolute Gasteiger partial charge is 0.449 e. The second-order valence-electron chi connectivity index (χ2n) is 11.3. The second-order valence-corrected chi connectivity index (χ2v) is 12.5. The van der Waals surface area contributed by atoms with E-state index >= 15 is 0 Å². The maximum atomic E-state index is 13.0. The Balaban J connectivity index is 1.11. The SMILES string of the molecule is NC(=O)C(CSC(c1ccccc1)(c1ccccc1)c1ccccc1)NC(=O)CNC(=O)OCC1c2ccccc2-c2ccccc21. The van der Waals surface area contributed by atoms with Gasteiger partial charge in [-0.1, -0.05) is 140 Å². The maximum absolute atomic E-state index is 13.0. The van der Waals surface area contributed by atoms with E-state index in [-0.39, 0.29) is 24.8 Å². The fourth-order valence-corrected chi connectivity index (χ4v) is 7.79. The van der Waals surface area contributed by atoms with Crippen LogP contribution in [0.25, 0.3) is 11.1 Å². The normalized spacial score (nSPS) is 12.8. The lowest BCUT2D eigenvalue weighted by molar-refractivity contribution is -0.126. The molecule has 4 N–H and O–H groups in total. The number of primary amides is 1. The molecule has 0 spiro atoms. The summed E-state index contributed by atoms with van der Waals surface area (Å²) < 4.78 is 4.86. The summed E-state index contributed by atoms with van der Waals surface area (Å²) in [6.07, 6.45) is -0.719. The number of benzene rings is 5. The number of alkyl carbamates (subject to hydrolysis) is 1. The molecule has 1 aliphatic carbocycles. The minimum atomic E-state index is -0.993. The van der Waals surface area contributed by atoms with Crippen molar-refractivity contribution >= 4 is 29.7 Å². The Kier molecular flexibility index (Phi) is 9.69. The molecule has 0 heterocycles. The lowest BCUT2D eigenvalue weighted by Crippen LogP contribution is -2.50. The highest BCUT2D eigenvalue weighted by atomic mass is 32.2. The van der Waals surface area contributed by atoms with Gasteiger partial charge in [-0.15, -0.1) is 11.8 Å². The number of hydrogen-bond acceptors (Lipinski definition) is 5. The Labute approximate surface area is 278 Å². The van der Waals surface area contributed by atoms with Crippen LogP contribution in [0, 0.1) is 0 Å². The summed E-state index contributed by atoms with van der Waals surface area (Å²) in [6.45, 7) is -0.241. The molecule has 3 amide bonds. The summed E-state index contributed by atoms with van der Waals surface area (Å²) in [5, 5.41) is 5.23. The molecule has 1 aliphatic rings. The first-order valence-electron chi connectivity index (χ1n) is 15.5. The molecule has 0 aromatic heterocycles. The number of hydrogen-bond donors (Lipinski definition) is 3. The van der Waals surface area contributed by atoms with Crippen LogP contribution < -0.4 is 16.4 Å². The molecule has 1 atom stereocenters. The van der Waals surface area contributed by atoms with Gasteiger partial charge in [0.05, 0.1) is 4.75 Å². The van der Waals surface area contributed by atoms with Gasteiger partial charge in [0.2, 0.25) is 11.8 Å². The minimum Gasteiger partial charge on any atom is -0.449 e. The lowest BCUT2D eigenvalue weighted by atomic mass is 9.84. The fraction of sp³-hybridized carbons (Fsp3) is 0.154. The standard InChI is InChI=1S/C39H35N3O4S/c40-37(44)35(26-47-39(27-14-4-1-5-15-27,28-16-6-2-7-17-28)29-18-8-3-9-19-29)42-36(43)24-41-38(45)46-25-34-32-22-12-10-20-30(32)31-21-11-13-23-33(31)34/h1-23,34-35H,24-26H2,(H2,40,44)(H,41,45)(H,42,43). The van der Waals surface area contributed by atoms with E-state index < -0.39 is 28.7 Å². The minimum absolute atomic E-state index is 0.0997. The molecule has 0 fully saturated rings. The van der Waals surface area contributed by atoms with Gasteiger partial charge in [-0.05, 0) is 38.9 Å². The van der Waals surface area contributed by atoms with Crippen LogP contribution in [-0.2, 0) is 19.1 Å². The predicted molar refractivity (Wildman–Crippen MR) is 186 cm³/mol. The van der Waals surface area contributed by atoms with E-state index in [0.29, 0.717) is 0 Å². The molecule has 236 valence electrons. The number of nitrogens with two attached hydrogens (primary N) is 1. The zero-order chi connectivity index (χ0) is 32.6. The number of carbonyl (C=O) groups is 3. The van der Waals surface area contributed by atoms with Crippen molar-refractivity contribution < 1.29 is 19.1 Å². The Morgan fingerprint density at radius 3 is 1.60 bits per heavy atom. The Morgan fingerprint density at radius 1 is 0.681 bits per heavy atom. The Hall–Kier alpha value is -5.34. The topological polar surface area (TPSA) is 111 Å². The summed E-state index contributed by atoms with van der Waals surface area (Å²) in [5.74, 6) is -1.13. The van der Waals surface area contributed by atoms with Crippen LogP contribution >= 0.6 is 11.8 Å². The first-order valence-corrected chi connectivity index (χ1v) is 16.4. The average Bonchev–Trinajstić information content (AvgIpc) is 3.44. The van der Waals surface area contributed by atoms with Crippen molar-refractivity contribution in [2.24, 2.45) is 5.73 Å². The number of nitrogens with one attached hydrogen (secondary N) is 2. The van der Waals surface area contributed by atoms with Gasteiger partial charge in [-0.25, -0.2) is 4.79 Å². The van der Waals surface area contributed by atoms with Gasteiger partial charge in [-0.2, -0.15) is 0 Å². The van der Waals surface area contributed by atoms with E-state index in [0.717, 1.165) is 38.9 Å². The van der Waals surface area contributed by atoms with Crippen molar-refractivity contribution in [3.8, 4) is 11.1 Å². The van der Waals surface area contributed by atoms with Crippen molar-refractivity contribution in [1.82, 2.24) is 10.6 Å². The molecular weight excluding hydrogens is 607 g/mol. The van der Waals surface area contributed by atoms with Crippen molar-refractivity contribution in [3.63, 3.8) is 0 Å². The van der Waals surface area contributed by atoms with E-state index in [4.69, 9.17) is 10.5 Å². The first-order chi connectivity index (χ1) is 23.0. The molecule has 0 saturated heterocycles. The second kappa shape index (κ2) is 14.4. The van der Waals surface area contributed by atoms with Crippen LogP contribution in [0.4, 0.5) is 4.79 Å². The van der Waals surface area contributed by atoms with Crippen LogP contribution in [0.3, 0.4) is 0 Å². The summed E-state index contributed by atoms with van der Waals surface area (Å²) in [4.78, 5) is 38.3. The third-order valence-corrected chi connectivity index (χ3v) is 10.1. The van der Waals surface area contributed by atoms with Crippen LogP contribution in [0.15, 0.2) is 140 Å². The zero-order valence-electron chi connectivity index (χ0n) is 25.7. The van der Waals surface area contributed by atoms with Crippen LogP contribution in [0.5, 0.6) is 0 Å². The molecule has 0 aliphatic heterocycles. The average molecular weight is 642 g/mol. The molecule has 0 radical (unpaired) electrons. The summed E-state index contributed by atoms with van der Waals surface area (Å²) >= 11 is 1.51. The highest BCUT2D eigenvalue weighted by Crippen LogP contribution is 2.48. The number of ether oxygens (including phenoxy) is 1. The first kappa shape index (κ1) is 31.6. The van der Waals surface area contributed by atoms with Crippen LogP contribution in [0.1, 0.15) is 33.7 Å². The smallest absolute Gasteiger partial charge is 0.407 e. The molecule has 5 aromatic carbocycles.